The van der Waals surface area contributed by atoms with E-state index in [2.05, 4.69) is 25.2 Å². The summed E-state index contributed by atoms with van der Waals surface area (Å²) in [7, 11) is 0. The molecule has 0 bridgehead atoms. The molecule has 7 nitrogen and oxygen atoms in total. The van der Waals surface area contributed by atoms with Crippen LogP contribution < -0.4 is 10.2 Å². The van der Waals surface area contributed by atoms with Gasteiger partial charge in [-0.2, -0.15) is 11.8 Å². The molecule has 0 spiro atoms. The zero-order valence-electron chi connectivity index (χ0n) is 15.1. The first-order valence-electron chi connectivity index (χ1n) is 8.91. The lowest BCUT2D eigenvalue weighted by Crippen LogP contribution is -2.33. The molecule has 9 heteroatoms. The van der Waals surface area contributed by atoms with Gasteiger partial charge in [0.15, 0.2) is 0 Å². The number of halogens is 1. The summed E-state index contributed by atoms with van der Waals surface area (Å²) in [5.74, 6) is 3.54. The van der Waals surface area contributed by atoms with Crippen LogP contribution in [0.2, 0.25) is 5.02 Å². The fourth-order valence-electron chi connectivity index (χ4n) is 2.88. The highest BCUT2D eigenvalue weighted by Gasteiger charge is 2.15. The Morgan fingerprint density at radius 3 is 2.64 bits per heavy atom. The molecule has 0 aliphatic carbocycles. The van der Waals surface area contributed by atoms with Crippen LogP contribution in [0.5, 0.6) is 0 Å². The third kappa shape index (κ3) is 4.45. The van der Waals surface area contributed by atoms with E-state index in [0.29, 0.717) is 23.1 Å². The van der Waals surface area contributed by atoms with E-state index >= 15 is 0 Å². The van der Waals surface area contributed by atoms with Crippen molar-refractivity contribution in [1.82, 2.24) is 24.8 Å². The topological polar surface area (TPSA) is 75.9 Å². The molecule has 3 heterocycles. The van der Waals surface area contributed by atoms with Crippen molar-refractivity contribution < 1.29 is 4.79 Å². The number of nitrogens with one attached hydrogen (secondary N) is 1. The molecule has 1 fully saturated rings. The van der Waals surface area contributed by atoms with Gasteiger partial charge < -0.3 is 10.2 Å². The summed E-state index contributed by atoms with van der Waals surface area (Å²) in [4.78, 5) is 27.5. The quantitative estimate of drug-likeness (QED) is 0.691. The number of benzene rings is 1. The molecule has 4 rings (SSSR count). The van der Waals surface area contributed by atoms with E-state index in [0.717, 1.165) is 36.0 Å². The highest BCUT2D eigenvalue weighted by atomic mass is 35.5. The largest absolute Gasteiger partial charge is 0.355 e. The van der Waals surface area contributed by atoms with Gasteiger partial charge in [-0.1, -0.05) is 23.7 Å². The first-order valence-corrected chi connectivity index (χ1v) is 10.4. The molecule has 1 aliphatic rings. The number of hydrogen-bond donors (Lipinski definition) is 1. The van der Waals surface area contributed by atoms with E-state index in [9.17, 15) is 4.79 Å². The van der Waals surface area contributed by atoms with Crippen molar-refractivity contribution in [2.45, 2.75) is 6.54 Å². The number of anilines is 1. The lowest BCUT2D eigenvalue weighted by molar-refractivity contribution is 0.0946. The Labute approximate surface area is 172 Å². The van der Waals surface area contributed by atoms with Gasteiger partial charge in [0.1, 0.15) is 30.0 Å². The second-order valence-electron chi connectivity index (χ2n) is 6.31. The Hall–Kier alpha value is -2.58. The van der Waals surface area contributed by atoms with E-state index < -0.39 is 0 Å². The molecule has 1 aliphatic heterocycles. The lowest BCUT2D eigenvalue weighted by atomic mass is 10.2. The van der Waals surface area contributed by atoms with Crippen LogP contribution in [0.1, 0.15) is 16.1 Å². The second kappa shape index (κ2) is 8.62. The van der Waals surface area contributed by atoms with E-state index in [1.165, 1.54) is 0 Å². The highest BCUT2D eigenvalue weighted by Crippen LogP contribution is 2.18. The van der Waals surface area contributed by atoms with Gasteiger partial charge in [-0.3, -0.25) is 9.36 Å². The zero-order valence-corrected chi connectivity index (χ0v) is 16.7. The standard InChI is InChI=1S/C19H19ClN6OS/c20-15-3-1-14(2-4-15)10-21-19(27)16-11-26(13-24-16)18-9-17(22-12-23-18)25-5-7-28-8-6-25/h1-4,9,11-13H,5-8,10H2,(H,21,27). The molecular formula is C19H19ClN6OS. The molecule has 28 heavy (non-hydrogen) atoms. The Morgan fingerprint density at radius 2 is 1.86 bits per heavy atom. The van der Waals surface area contributed by atoms with Gasteiger partial charge in [0, 0.05) is 48.4 Å². The third-order valence-corrected chi connectivity index (χ3v) is 5.61. The molecule has 2 aromatic heterocycles. The number of rotatable bonds is 5. The summed E-state index contributed by atoms with van der Waals surface area (Å²) in [6.07, 6.45) is 4.82. The molecule has 0 unspecified atom stereocenters. The summed E-state index contributed by atoms with van der Waals surface area (Å²) in [6, 6.07) is 9.27. The Morgan fingerprint density at radius 1 is 1.11 bits per heavy atom. The van der Waals surface area contributed by atoms with Gasteiger partial charge in [-0.15, -0.1) is 0 Å². The number of carbonyl (C=O) groups excluding carboxylic acids is 1. The van der Waals surface area contributed by atoms with Crippen molar-refractivity contribution in [2.24, 2.45) is 0 Å². The van der Waals surface area contributed by atoms with Gasteiger partial charge in [0.05, 0.1) is 0 Å². The van der Waals surface area contributed by atoms with Gasteiger partial charge in [-0.05, 0) is 17.7 Å². The Balaban J connectivity index is 1.43. The maximum Gasteiger partial charge on any atom is 0.271 e. The normalized spacial score (nSPS) is 14.1. The number of carbonyl (C=O) groups is 1. The fraction of sp³-hybridized carbons (Fsp3) is 0.263. The summed E-state index contributed by atoms with van der Waals surface area (Å²) >= 11 is 7.83. The predicted octanol–water partition coefficient (Wildman–Crippen LogP) is 2.80. The van der Waals surface area contributed by atoms with Crippen LogP contribution in [0.15, 0.2) is 49.2 Å². The van der Waals surface area contributed by atoms with Crippen LogP contribution in [0.25, 0.3) is 5.82 Å². The van der Waals surface area contributed by atoms with Crippen molar-refractivity contribution in [3.8, 4) is 5.82 Å². The van der Waals surface area contributed by atoms with Crippen molar-refractivity contribution in [3.63, 3.8) is 0 Å². The Bertz CT molecular complexity index is 955. The van der Waals surface area contributed by atoms with Crippen molar-refractivity contribution in [3.05, 3.63) is 65.5 Å². The summed E-state index contributed by atoms with van der Waals surface area (Å²) in [5.41, 5.74) is 1.31. The van der Waals surface area contributed by atoms with Crippen LogP contribution in [0.3, 0.4) is 0 Å². The molecule has 144 valence electrons. The average molecular weight is 415 g/mol. The van der Waals surface area contributed by atoms with Crippen LogP contribution >= 0.6 is 23.4 Å². The van der Waals surface area contributed by atoms with Gasteiger partial charge in [-0.25, -0.2) is 15.0 Å². The zero-order chi connectivity index (χ0) is 19.3. The lowest BCUT2D eigenvalue weighted by Gasteiger charge is -2.27. The fourth-order valence-corrected chi connectivity index (χ4v) is 3.91. The number of imidazole rings is 1. The number of nitrogens with zero attached hydrogens (tertiary/aromatic N) is 5. The molecule has 1 aromatic carbocycles. The minimum atomic E-state index is -0.240. The molecule has 3 aromatic rings. The molecule has 0 atom stereocenters. The molecule has 1 N–H and O–H groups in total. The van der Waals surface area contributed by atoms with Crippen molar-refractivity contribution >= 4 is 35.1 Å². The first-order chi connectivity index (χ1) is 13.7. The molecular weight excluding hydrogens is 396 g/mol. The number of amides is 1. The molecule has 0 radical (unpaired) electrons. The molecule has 1 saturated heterocycles. The van der Waals surface area contributed by atoms with Crippen LogP contribution in [-0.4, -0.2) is 50.0 Å². The first kappa shape index (κ1) is 18.8. The van der Waals surface area contributed by atoms with Gasteiger partial charge in [0.2, 0.25) is 0 Å². The summed E-state index contributed by atoms with van der Waals surface area (Å²) in [6.45, 7) is 2.36. The van der Waals surface area contributed by atoms with E-state index in [1.807, 2.05) is 30.0 Å². The smallest absolute Gasteiger partial charge is 0.271 e. The van der Waals surface area contributed by atoms with Crippen molar-refractivity contribution in [2.75, 3.05) is 29.5 Å². The second-order valence-corrected chi connectivity index (χ2v) is 7.97. The molecule has 1 amide bonds. The average Bonchev–Trinajstić information content (AvgIpc) is 3.24. The SMILES string of the molecule is O=C(NCc1ccc(Cl)cc1)c1cn(-c2cc(N3CCSCC3)ncn2)cn1. The van der Waals surface area contributed by atoms with E-state index in [1.54, 1.807) is 35.6 Å². The number of thioether (sulfide) groups is 1. The minimum absolute atomic E-state index is 0.240. The summed E-state index contributed by atoms with van der Waals surface area (Å²) in [5, 5.41) is 3.53. The highest BCUT2D eigenvalue weighted by molar-refractivity contribution is 7.99. The van der Waals surface area contributed by atoms with Crippen LogP contribution in [-0.2, 0) is 6.54 Å². The monoisotopic (exact) mass is 414 g/mol. The van der Waals surface area contributed by atoms with Gasteiger partial charge >= 0.3 is 0 Å². The number of aromatic nitrogens is 4. The van der Waals surface area contributed by atoms with E-state index in [4.69, 9.17) is 11.6 Å². The Kier molecular flexibility index (Phi) is 5.78. The third-order valence-electron chi connectivity index (χ3n) is 4.42. The summed E-state index contributed by atoms with van der Waals surface area (Å²) < 4.78 is 1.74. The van der Waals surface area contributed by atoms with Crippen LogP contribution in [0.4, 0.5) is 5.82 Å². The van der Waals surface area contributed by atoms with E-state index in [-0.39, 0.29) is 5.91 Å². The maximum absolute atomic E-state index is 12.4. The maximum atomic E-state index is 12.4. The number of hydrogen-bond acceptors (Lipinski definition) is 6. The molecule has 0 saturated carbocycles. The predicted molar refractivity (Wildman–Crippen MR) is 111 cm³/mol. The van der Waals surface area contributed by atoms with Crippen molar-refractivity contribution in [1.29, 1.82) is 0 Å². The minimum Gasteiger partial charge on any atom is -0.355 e. The van der Waals surface area contributed by atoms with Crippen LogP contribution in [0, 0.1) is 0 Å². The van der Waals surface area contributed by atoms with Gasteiger partial charge in [0.25, 0.3) is 5.91 Å².